The Morgan fingerprint density at radius 1 is 0.659 bits per heavy atom. The number of halogens is 2. The van der Waals surface area contributed by atoms with Crippen LogP contribution >= 0.6 is 23.2 Å². The van der Waals surface area contributed by atoms with E-state index in [0.29, 0.717) is 66.1 Å². The molecule has 6 rings (SSSR count). The molecule has 0 saturated carbocycles. The zero-order chi connectivity index (χ0) is 31.1. The van der Waals surface area contributed by atoms with Gasteiger partial charge in [0.05, 0.1) is 72.0 Å². The number of nitrogens with zero attached hydrogens (tertiary/aromatic N) is 6. The van der Waals surface area contributed by atoms with Gasteiger partial charge in [0.1, 0.15) is 11.0 Å². The lowest BCUT2D eigenvalue weighted by molar-refractivity contribution is 0.341. The van der Waals surface area contributed by atoms with Gasteiger partial charge in [0.15, 0.2) is 0 Å². The number of rotatable bonds is 7. The van der Waals surface area contributed by atoms with Gasteiger partial charge in [0.2, 0.25) is 0 Å². The van der Waals surface area contributed by atoms with Crippen LogP contribution in [-0.2, 0) is 23.6 Å². The van der Waals surface area contributed by atoms with Crippen molar-refractivity contribution >= 4 is 46.4 Å². The van der Waals surface area contributed by atoms with Gasteiger partial charge in [-0.05, 0) is 24.3 Å². The fourth-order valence-corrected chi connectivity index (χ4v) is 5.68. The highest BCUT2D eigenvalue weighted by Gasteiger charge is 2.19. The third-order valence-corrected chi connectivity index (χ3v) is 8.21. The molecule has 4 heterocycles. The number of aromatic nitrogens is 6. The van der Waals surface area contributed by atoms with Gasteiger partial charge in [-0.15, -0.1) is 0 Å². The van der Waals surface area contributed by atoms with Gasteiger partial charge in [-0.25, -0.2) is 9.03 Å². The van der Waals surface area contributed by atoms with Gasteiger partial charge in [0.25, 0.3) is 11.1 Å². The van der Waals surface area contributed by atoms with Crippen LogP contribution in [0.2, 0.25) is 10.0 Å². The molecule has 10 nitrogen and oxygen atoms in total. The summed E-state index contributed by atoms with van der Waals surface area (Å²) in [5, 5.41) is 10.2. The van der Waals surface area contributed by atoms with Crippen molar-refractivity contribution in [3.05, 3.63) is 116 Å². The van der Waals surface area contributed by atoms with Crippen molar-refractivity contribution < 1.29 is 9.47 Å². The topological polar surface area (TPSA) is 97.1 Å². The van der Waals surface area contributed by atoms with Crippen LogP contribution in [0.4, 0.5) is 0 Å². The molecule has 0 aliphatic carbocycles. The minimum atomic E-state index is -0.214. The lowest BCUT2D eigenvalue weighted by Gasteiger charge is -2.12. The number of ether oxygens (including phenoxy) is 2. The van der Waals surface area contributed by atoms with E-state index in [9.17, 15) is 9.59 Å². The molecule has 0 bridgehead atoms. The van der Waals surface area contributed by atoms with Crippen LogP contribution in [0.5, 0.6) is 0 Å². The maximum atomic E-state index is 13.1. The van der Waals surface area contributed by atoms with E-state index in [1.54, 1.807) is 50.8 Å². The van der Waals surface area contributed by atoms with Crippen LogP contribution in [0.15, 0.2) is 83.0 Å². The van der Waals surface area contributed by atoms with Crippen molar-refractivity contribution in [2.75, 3.05) is 14.2 Å². The monoisotopic (exact) mass is 628 g/mol. The Morgan fingerprint density at radius 3 is 1.43 bits per heavy atom. The van der Waals surface area contributed by atoms with Crippen LogP contribution in [-0.4, -0.2) is 42.6 Å². The average Bonchev–Trinajstić information content (AvgIpc) is 3.64. The van der Waals surface area contributed by atoms with E-state index >= 15 is 0 Å². The normalized spacial score (nSPS) is 11.9. The van der Waals surface area contributed by atoms with Gasteiger partial charge >= 0.3 is 0 Å². The quantitative estimate of drug-likeness (QED) is 0.204. The zero-order valence-corrected chi connectivity index (χ0v) is 25.7. The summed E-state index contributed by atoms with van der Waals surface area (Å²) < 4.78 is 16.1. The Balaban J connectivity index is 1.44. The molecule has 2 aromatic carbocycles. The van der Waals surface area contributed by atoms with Crippen LogP contribution in [0.25, 0.3) is 56.8 Å². The Bertz CT molecular complexity index is 2100. The van der Waals surface area contributed by atoms with E-state index in [1.807, 2.05) is 36.4 Å². The molecule has 0 atom stereocenters. The lowest BCUT2D eigenvalue weighted by atomic mass is 9.98. The molecule has 0 aliphatic rings. The molecular weight excluding hydrogens is 603 g/mol. The molecule has 0 N–H and O–H groups in total. The second-order valence-electron chi connectivity index (χ2n) is 9.97. The smallest absolute Gasteiger partial charge is 0.276 e. The summed E-state index contributed by atoms with van der Waals surface area (Å²) in [5.74, 6) is 0. The Hall–Kier alpha value is -5.06. The van der Waals surface area contributed by atoms with E-state index in [4.69, 9.17) is 32.7 Å². The van der Waals surface area contributed by atoms with Crippen molar-refractivity contribution in [3.8, 4) is 33.6 Å². The standard InChI is InChI=1S/C32H26Cl2N6O4/c1-37-19(11-13-43-3)17-39-27(31(37)41)15-25(35-39)23-9-5-7-21(29(23)33)22-8-6-10-24(30(22)34)26-16-28-32(42)38(2)20(12-14-44-4)18-40(28)36-26/h5-18H,1-4H3/b13-11+,14-12+. The first-order chi connectivity index (χ1) is 21.2. The molecule has 44 heavy (non-hydrogen) atoms. The van der Waals surface area contributed by atoms with Crippen molar-refractivity contribution in [1.29, 1.82) is 0 Å². The van der Waals surface area contributed by atoms with E-state index in [1.165, 1.54) is 44.9 Å². The average molecular weight is 630 g/mol. The molecule has 0 radical (unpaired) electrons. The zero-order valence-electron chi connectivity index (χ0n) is 24.2. The molecule has 0 spiro atoms. The highest BCUT2D eigenvalue weighted by molar-refractivity contribution is 6.39. The summed E-state index contributed by atoms with van der Waals surface area (Å²) in [6.45, 7) is 0. The molecule has 222 valence electrons. The van der Waals surface area contributed by atoms with Crippen molar-refractivity contribution in [2.24, 2.45) is 14.1 Å². The molecule has 0 fully saturated rings. The van der Waals surface area contributed by atoms with Crippen LogP contribution in [0, 0.1) is 0 Å². The highest BCUT2D eigenvalue weighted by atomic mass is 35.5. The molecular formula is C32H26Cl2N6O4. The largest absolute Gasteiger partial charge is 0.504 e. The van der Waals surface area contributed by atoms with Crippen LogP contribution in [0.1, 0.15) is 11.4 Å². The molecule has 6 aromatic rings. The van der Waals surface area contributed by atoms with E-state index in [-0.39, 0.29) is 11.1 Å². The number of hydrogen-bond acceptors (Lipinski definition) is 6. The maximum Gasteiger partial charge on any atom is 0.276 e. The van der Waals surface area contributed by atoms with Gasteiger partial charge in [-0.1, -0.05) is 59.6 Å². The maximum absolute atomic E-state index is 13.1. The first-order valence-electron chi connectivity index (χ1n) is 13.4. The minimum Gasteiger partial charge on any atom is -0.504 e. The molecule has 0 aliphatic heterocycles. The summed E-state index contributed by atoms with van der Waals surface area (Å²) in [4.78, 5) is 26.1. The molecule has 0 saturated heterocycles. The van der Waals surface area contributed by atoms with E-state index in [2.05, 4.69) is 10.2 Å². The molecule has 0 unspecified atom stereocenters. The van der Waals surface area contributed by atoms with Crippen molar-refractivity contribution in [2.45, 2.75) is 0 Å². The fourth-order valence-electron chi connectivity index (χ4n) is 5.03. The lowest BCUT2D eigenvalue weighted by Crippen LogP contribution is -2.21. The summed E-state index contributed by atoms with van der Waals surface area (Å²) in [6.07, 6.45) is 9.84. The third-order valence-electron chi connectivity index (χ3n) is 7.39. The summed E-state index contributed by atoms with van der Waals surface area (Å²) in [5.41, 5.74) is 5.31. The number of hydrogen-bond donors (Lipinski definition) is 0. The Labute approximate surface area is 261 Å². The van der Waals surface area contributed by atoms with Gasteiger partial charge in [0, 0.05) is 36.3 Å². The van der Waals surface area contributed by atoms with Gasteiger partial charge < -0.3 is 18.6 Å². The first-order valence-corrected chi connectivity index (χ1v) is 14.1. The molecule has 4 aromatic heterocycles. The second-order valence-corrected chi connectivity index (χ2v) is 10.7. The summed E-state index contributed by atoms with van der Waals surface area (Å²) >= 11 is 14.0. The summed E-state index contributed by atoms with van der Waals surface area (Å²) in [7, 11) is 6.44. The highest BCUT2D eigenvalue weighted by Crippen LogP contribution is 2.42. The summed E-state index contributed by atoms with van der Waals surface area (Å²) in [6, 6.07) is 14.6. The van der Waals surface area contributed by atoms with Crippen LogP contribution in [0.3, 0.4) is 0 Å². The second kappa shape index (κ2) is 11.6. The van der Waals surface area contributed by atoms with Gasteiger partial charge in [-0.3, -0.25) is 9.59 Å². The minimum absolute atomic E-state index is 0.214. The number of benzene rings is 2. The first kappa shape index (κ1) is 29.0. The third kappa shape index (κ3) is 4.87. The van der Waals surface area contributed by atoms with Crippen LogP contribution < -0.4 is 11.1 Å². The fraction of sp³-hybridized carbons (Fsp3) is 0.125. The predicted molar refractivity (Wildman–Crippen MR) is 173 cm³/mol. The predicted octanol–water partition coefficient (Wildman–Crippen LogP) is 5.92. The van der Waals surface area contributed by atoms with Gasteiger partial charge in [-0.2, -0.15) is 10.2 Å². The van der Waals surface area contributed by atoms with Crippen molar-refractivity contribution in [1.82, 2.24) is 28.4 Å². The number of fused-ring (bicyclic) bond motifs is 2. The van der Waals surface area contributed by atoms with E-state index in [0.717, 1.165) is 0 Å². The molecule has 12 heteroatoms. The molecule has 0 amide bonds. The Kier molecular flexibility index (Phi) is 7.62. The van der Waals surface area contributed by atoms with E-state index < -0.39 is 0 Å². The SMILES string of the molecule is CO/C=C/c1cn2nc(-c3cccc(-c4cccc(-c5cc6c(=O)n(C)c(/C=C/OC)cn6n5)c4Cl)c3Cl)cc2c(=O)n1C. The Morgan fingerprint density at radius 2 is 1.05 bits per heavy atom. The van der Waals surface area contributed by atoms with Crippen molar-refractivity contribution in [3.63, 3.8) is 0 Å². The number of methoxy groups -OCH3 is 2.